The normalized spacial score (nSPS) is 15.4. The number of fused-ring (bicyclic) bond motifs is 1. The zero-order chi connectivity index (χ0) is 18.2. The van der Waals surface area contributed by atoms with Gasteiger partial charge < -0.3 is 15.4 Å². The number of nitrogens with zero attached hydrogens (tertiary/aromatic N) is 1. The molecule has 0 aliphatic carbocycles. The summed E-state index contributed by atoms with van der Waals surface area (Å²) < 4.78 is 5.70. The molecule has 0 radical (unpaired) electrons. The minimum absolute atomic E-state index is 0.120. The molecule has 0 atom stereocenters. The van der Waals surface area contributed by atoms with Gasteiger partial charge in [0.05, 0.1) is 11.1 Å². The van der Waals surface area contributed by atoms with Crippen LogP contribution in [-0.4, -0.2) is 23.4 Å². The Balaban J connectivity index is 1.83. The zero-order valence-electron chi connectivity index (χ0n) is 14.8. The Hall–Kier alpha value is -2.89. The molecule has 1 aliphatic rings. The summed E-state index contributed by atoms with van der Waals surface area (Å²) in [4.78, 5) is 28.9. The fraction of sp³-hybridized carbons (Fsp3) is 0.316. The third-order valence-corrected chi connectivity index (χ3v) is 4.12. The molecule has 2 N–H and O–H groups in total. The molecule has 0 fully saturated rings. The van der Waals surface area contributed by atoms with Gasteiger partial charge in [-0.3, -0.25) is 14.6 Å². The average Bonchev–Trinajstić information content (AvgIpc) is 2.64. The van der Waals surface area contributed by atoms with Crippen molar-refractivity contribution in [1.82, 2.24) is 4.98 Å². The van der Waals surface area contributed by atoms with Crippen molar-refractivity contribution >= 4 is 23.2 Å². The number of aromatic nitrogens is 1. The van der Waals surface area contributed by atoms with Gasteiger partial charge in [-0.25, -0.2) is 0 Å². The summed E-state index contributed by atoms with van der Waals surface area (Å²) in [7, 11) is 0. The topological polar surface area (TPSA) is 80.3 Å². The van der Waals surface area contributed by atoms with Crippen LogP contribution >= 0.6 is 0 Å². The first kappa shape index (κ1) is 17.0. The summed E-state index contributed by atoms with van der Waals surface area (Å²) in [6.45, 7) is 7.72. The number of hydrogen-bond donors (Lipinski definition) is 2. The van der Waals surface area contributed by atoms with Crippen LogP contribution in [0.2, 0.25) is 0 Å². The van der Waals surface area contributed by atoms with E-state index in [9.17, 15) is 9.59 Å². The van der Waals surface area contributed by atoms with Crippen LogP contribution < -0.4 is 15.4 Å². The highest BCUT2D eigenvalue weighted by Crippen LogP contribution is 2.34. The minimum Gasteiger partial charge on any atom is -0.490 e. The van der Waals surface area contributed by atoms with Crippen LogP contribution in [0.25, 0.3) is 0 Å². The number of hydrogen-bond acceptors (Lipinski definition) is 4. The van der Waals surface area contributed by atoms with Crippen LogP contribution in [0.5, 0.6) is 5.75 Å². The summed E-state index contributed by atoms with van der Waals surface area (Å²) >= 11 is 0. The molecule has 1 aromatic heterocycles. The van der Waals surface area contributed by atoms with E-state index in [4.69, 9.17) is 4.74 Å². The van der Waals surface area contributed by atoms with E-state index in [-0.39, 0.29) is 11.8 Å². The molecule has 1 aliphatic heterocycles. The fourth-order valence-electron chi connectivity index (χ4n) is 2.59. The quantitative estimate of drug-likeness (QED) is 0.880. The van der Waals surface area contributed by atoms with Crippen LogP contribution in [-0.2, 0) is 4.79 Å². The molecule has 130 valence electrons. The van der Waals surface area contributed by atoms with Gasteiger partial charge in [-0.1, -0.05) is 6.07 Å². The molecule has 1 aromatic carbocycles. The summed E-state index contributed by atoms with van der Waals surface area (Å²) in [5, 5.41) is 5.67. The van der Waals surface area contributed by atoms with Gasteiger partial charge in [-0.05, 0) is 57.0 Å². The van der Waals surface area contributed by atoms with Gasteiger partial charge in [0.2, 0.25) is 5.91 Å². The van der Waals surface area contributed by atoms with Crippen LogP contribution in [0.3, 0.4) is 0 Å². The molecule has 6 nitrogen and oxygen atoms in total. The predicted molar refractivity (Wildman–Crippen MR) is 96.0 cm³/mol. The molecule has 3 rings (SSSR count). The number of carbonyl (C=O) groups excluding carboxylic acids is 2. The van der Waals surface area contributed by atoms with Crippen molar-refractivity contribution in [3.63, 3.8) is 0 Å². The monoisotopic (exact) mass is 339 g/mol. The van der Waals surface area contributed by atoms with Crippen LogP contribution in [0.4, 0.5) is 11.4 Å². The molecule has 0 saturated carbocycles. The van der Waals surface area contributed by atoms with Gasteiger partial charge in [-0.2, -0.15) is 0 Å². The zero-order valence-corrected chi connectivity index (χ0v) is 14.8. The van der Waals surface area contributed by atoms with Crippen molar-refractivity contribution in [1.29, 1.82) is 0 Å². The van der Waals surface area contributed by atoms with Crippen molar-refractivity contribution < 1.29 is 14.3 Å². The second-order valence-electron chi connectivity index (χ2n) is 6.97. The highest BCUT2D eigenvalue weighted by Gasteiger charge is 2.32. The first-order valence-corrected chi connectivity index (χ1v) is 8.09. The number of nitrogens with one attached hydrogen (secondary N) is 2. The molecular weight excluding hydrogens is 318 g/mol. The molecule has 0 unspecified atom stereocenters. The van der Waals surface area contributed by atoms with Crippen molar-refractivity contribution in [3.05, 3.63) is 47.3 Å². The van der Waals surface area contributed by atoms with Crippen molar-refractivity contribution in [2.24, 2.45) is 5.41 Å². The molecule has 0 saturated heterocycles. The largest absolute Gasteiger partial charge is 0.490 e. The van der Waals surface area contributed by atoms with Gasteiger partial charge in [0.1, 0.15) is 18.1 Å². The lowest BCUT2D eigenvalue weighted by Gasteiger charge is -2.18. The van der Waals surface area contributed by atoms with Crippen LogP contribution in [0, 0.1) is 19.3 Å². The second-order valence-corrected chi connectivity index (χ2v) is 6.97. The Morgan fingerprint density at radius 2 is 2.04 bits per heavy atom. The van der Waals surface area contributed by atoms with Crippen molar-refractivity contribution in [2.75, 3.05) is 17.2 Å². The summed E-state index contributed by atoms with van der Waals surface area (Å²) in [5.74, 6) is 0.172. The minimum atomic E-state index is -0.620. The lowest BCUT2D eigenvalue weighted by molar-refractivity contribution is -0.124. The molecule has 0 bridgehead atoms. The number of benzene rings is 1. The maximum atomic E-state index is 12.5. The number of pyridine rings is 1. The average molecular weight is 339 g/mol. The lowest BCUT2D eigenvalue weighted by atomic mass is 9.94. The highest BCUT2D eigenvalue weighted by atomic mass is 16.5. The van der Waals surface area contributed by atoms with Gasteiger partial charge >= 0.3 is 0 Å². The highest BCUT2D eigenvalue weighted by molar-refractivity contribution is 6.04. The van der Waals surface area contributed by atoms with E-state index < -0.39 is 5.41 Å². The van der Waals surface area contributed by atoms with E-state index in [0.717, 1.165) is 11.1 Å². The molecule has 2 aromatic rings. The van der Waals surface area contributed by atoms with E-state index in [1.807, 2.05) is 33.8 Å². The number of rotatable bonds is 2. The van der Waals surface area contributed by atoms with E-state index >= 15 is 0 Å². The van der Waals surface area contributed by atoms with E-state index in [1.165, 1.54) is 0 Å². The first-order valence-electron chi connectivity index (χ1n) is 8.09. The Morgan fingerprint density at radius 1 is 1.28 bits per heavy atom. The molecule has 0 spiro atoms. The molecule has 25 heavy (non-hydrogen) atoms. The van der Waals surface area contributed by atoms with Crippen molar-refractivity contribution in [2.45, 2.75) is 27.7 Å². The SMILES string of the molecule is Cc1cnc(C(=O)Nc2ccc3c(c2)NC(=O)C(C)(C)CO3)c(C)c1. The lowest BCUT2D eigenvalue weighted by Crippen LogP contribution is -2.33. The Morgan fingerprint density at radius 3 is 2.76 bits per heavy atom. The van der Waals surface area contributed by atoms with E-state index in [0.29, 0.717) is 29.4 Å². The molecule has 2 heterocycles. The smallest absolute Gasteiger partial charge is 0.274 e. The van der Waals surface area contributed by atoms with E-state index in [1.54, 1.807) is 24.4 Å². The molecule has 6 heteroatoms. The van der Waals surface area contributed by atoms with Crippen molar-refractivity contribution in [3.8, 4) is 5.75 Å². The van der Waals surface area contributed by atoms with Gasteiger partial charge in [-0.15, -0.1) is 0 Å². The summed E-state index contributed by atoms with van der Waals surface area (Å²) in [6.07, 6.45) is 1.66. The Kier molecular flexibility index (Phi) is 4.20. The summed E-state index contributed by atoms with van der Waals surface area (Å²) in [5.41, 5.74) is 2.68. The van der Waals surface area contributed by atoms with Crippen LogP contribution in [0.15, 0.2) is 30.5 Å². The van der Waals surface area contributed by atoms with Gasteiger partial charge in [0.15, 0.2) is 0 Å². The fourth-order valence-corrected chi connectivity index (χ4v) is 2.59. The second kappa shape index (κ2) is 6.20. The van der Waals surface area contributed by atoms with E-state index in [2.05, 4.69) is 15.6 Å². The number of ether oxygens (including phenoxy) is 1. The number of amides is 2. The third kappa shape index (κ3) is 3.47. The molecule has 2 amide bonds. The summed E-state index contributed by atoms with van der Waals surface area (Å²) in [6, 6.07) is 7.08. The van der Waals surface area contributed by atoms with Gasteiger partial charge in [0.25, 0.3) is 5.91 Å². The molecular formula is C19H21N3O3. The van der Waals surface area contributed by atoms with Crippen LogP contribution in [0.1, 0.15) is 35.5 Å². The van der Waals surface area contributed by atoms with Gasteiger partial charge in [0, 0.05) is 11.9 Å². The Bertz CT molecular complexity index is 859. The number of carbonyl (C=O) groups is 2. The maximum Gasteiger partial charge on any atom is 0.274 e. The Labute approximate surface area is 146 Å². The predicted octanol–water partition coefficient (Wildman–Crippen LogP) is 3.31. The standard InChI is InChI=1S/C19H21N3O3/c1-11-7-12(2)16(20-9-11)17(23)21-13-5-6-15-14(8-13)22-18(24)19(3,4)10-25-15/h5-9H,10H2,1-4H3,(H,21,23)(H,22,24). The third-order valence-electron chi connectivity index (χ3n) is 4.12. The number of aryl methyl sites for hydroxylation is 2. The maximum absolute atomic E-state index is 12.5. The number of anilines is 2. The first-order chi connectivity index (χ1) is 11.8.